The van der Waals surface area contributed by atoms with E-state index in [4.69, 9.17) is 14.2 Å². The van der Waals surface area contributed by atoms with Crippen LogP contribution in [0.15, 0.2) is 36.5 Å². The van der Waals surface area contributed by atoms with Crippen molar-refractivity contribution >= 4 is 17.9 Å². The van der Waals surface area contributed by atoms with Crippen LogP contribution in [0.2, 0.25) is 0 Å². The first-order valence-electron chi connectivity index (χ1n) is 31.0. The summed E-state index contributed by atoms with van der Waals surface area (Å²) in [6.07, 6.45) is 71.7. The Hall–Kier alpha value is -2.37. The molecule has 0 aromatic carbocycles. The minimum absolute atomic E-state index is 0.0700. The summed E-state index contributed by atoms with van der Waals surface area (Å²) in [4.78, 5) is 38.1. The Morgan fingerprint density at radius 1 is 0.286 bits per heavy atom. The minimum atomic E-state index is -0.770. The summed E-state index contributed by atoms with van der Waals surface area (Å²) in [5.41, 5.74) is 0. The molecule has 6 nitrogen and oxygen atoms in total. The molecule has 0 aliphatic rings. The van der Waals surface area contributed by atoms with Crippen LogP contribution in [0.25, 0.3) is 0 Å². The van der Waals surface area contributed by atoms with Gasteiger partial charge in [0.15, 0.2) is 6.10 Å². The van der Waals surface area contributed by atoms with Crippen LogP contribution in [0, 0.1) is 0 Å². The number of ether oxygens (including phenoxy) is 3. The van der Waals surface area contributed by atoms with Crippen molar-refractivity contribution in [1.82, 2.24) is 0 Å². The van der Waals surface area contributed by atoms with E-state index in [9.17, 15) is 14.4 Å². The van der Waals surface area contributed by atoms with E-state index in [2.05, 4.69) is 57.2 Å². The van der Waals surface area contributed by atoms with Gasteiger partial charge < -0.3 is 14.2 Å². The summed E-state index contributed by atoms with van der Waals surface area (Å²) in [6, 6.07) is 0. The van der Waals surface area contributed by atoms with Crippen LogP contribution < -0.4 is 0 Å². The van der Waals surface area contributed by atoms with Crippen LogP contribution in [-0.4, -0.2) is 37.2 Å². The zero-order valence-electron chi connectivity index (χ0n) is 47.1. The van der Waals surface area contributed by atoms with E-state index in [1.54, 1.807) is 0 Å². The monoisotopic (exact) mass is 983 g/mol. The predicted molar refractivity (Wildman–Crippen MR) is 302 cm³/mol. The van der Waals surface area contributed by atoms with Gasteiger partial charge in [-0.2, -0.15) is 0 Å². The number of allylic oxidation sites excluding steroid dienone is 6. The zero-order chi connectivity index (χ0) is 50.7. The summed E-state index contributed by atoms with van der Waals surface area (Å²) in [5, 5.41) is 0. The Bertz CT molecular complexity index is 1170. The lowest BCUT2D eigenvalue weighted by molar-refractivity contribution is -0.167. The fraction of sp³-hybridized carbons (Fsp3) is 0.859. The molecule has 0 N–H and O–H groups in total. The molecule has 6 heteroatoms. The fourth-order valence-electron chi connectivity index (χ4n) is 9.16. The molecule has 0 rings (SSSR count). The first-order chi connectivity index (χ1) is 34.5. The Balaban J connectivity index is 4.08. The first kappa shape index (κ1) is 67.6. The van der Waals surface area contributed by atoms with Gasteiger partial charge in [0, 0.05) is 19.3 Å². The molecule has 410 valence electrons. The molecule has 0 aromatic heterocycles. The number of rotatable bonds is 57. The first-order valence-corrected chi connectivity index (χ1v) is 31.0. The fourth-order valence-corrected chi connectivity index (χ4v) is 9.16. The van der Waals surface area contributed by atoms with Crippen molar-refractivity contribution in [1.29, 1.82) is 0 Å². The van der Waals surface area contributed by atoms with E-state index in [0.29, 0.717) is 19.3 Å². The maximum atomic E-state index is 12.8. The molecule has 0 fully saturated rings. The third kappa shape index (κ3) is 56.5. The van der Waals surface area contributed by atoms with E-state index in [0.717, 1.165) is 70.6 Å². The number of hydrogen-bond acceptors (Lipinski definition) is 6. The largest absolute Gasteiger partial charge is 0.462 e. The van der Waals surface area contributed by atoms with Crippen molar-refractivity contribution in [3.8, 4) is 0 Å². The van der Waals surface area contributed by atoms with Crippen molar-refractivity contribution in [2.75, 3.05) is 13.2 Å². The van der Waals surface area contributed by atoms with Gasteiger partial charge in [0.1, 0.15) is 13.2 Å². The highest BCUT2D eigenvalue weighted by Gasteiger charge is 2.19. The van der Waals surface area contributed by atoms with Gasteiger partial charge in [-0.1, -0.05) is 282 Å². The number of unbranched alkanes of at least 4 members (excludes halogenated alkanes) is 40. The predicted octanol–water partition coefficient (Wildman–Crippen LogP) is 20.8. The second-order valence-electron chi connectivity index (χ2n) is 21.0. The van der Waals surface area contributed by atoms with E-state index < -0.39 is 6.10 Å². The molecule has 1 unspecified atom stereocenters. The van der Waals surface area contributed by atoms with Gasteiger partial charge in [-0.3, -0.25) is 14.4 Å². The van der Waals surface area contributed by atoms with Crippen LogP contribution in [0.1, 0.15) is 335 Å². The molecule has 0 saturated heterocycles. The molecule has 0 radical (unpaired) electrons. The molecule has 0 aromatic rings. The normalized spacial score (nSPS) is 12.2. The van der Waals surface area contributed by atoms with Crippen LogP contribution >= 0.6 is 0 Å². The highest BCUT2D eigenvalue weighted by atomic mass is 16.6. The second-order valence-corrected chi connectivity index (χ2v) is 21.0. The third-order valence-electron chi connectivity index (χ3n) is 13.9. The zero-order valence-corrected chi connectivity index (χ0v) is 47.1. The topological polar surface area (TPSA) is 78.9 Å². The summed E-state index contributed by atoms with van der Waals surface area (Å²) >= 11 is 0. The number of carbonyl (C=O) groups is 3. The summed E-state index contributed by atoms with van der Waals surface area (Å²) < 4.78 is 16.9. The van der Waals surface area contributed by atoms with E-state index in [1.165, 1.54) is 225 Å². The molecular weight excluding hydrogens is 865 g/mol. The summed E-state index contributed by atoms with van der Waals surface area (Å²) in [5.74, 6) is -0.862. The van der Waals surface area contributed by atoms with Gasteiger partial charge in [0.05, 0.1) is 0 Å². The van der Waals surface area contributed by atoms with Crippen molar-refractivity contribution in [2.45, 2.75) is 341 Å². The van der Waals surface area contributed by atoms with Gasteiger partial charge in [0.2, 0.25) is 0 Å². The van der Waals surface area contributed by atoms with Gasteiger partial charge >= 0.3 is 17.9 Å². The third-order valence-corrected chi connectivity index (χ3v) is 13.9. The summed E-state index contributed by atoms with van der Waals surface area (Å²) in [7, 11) is 0. The molecule has 0 bridgehead atoms. The molecule has 0 heterocycles. The van der Waals surface area contributed by atoms with E-state index >= 15 is 0 Å². The van der Waals surface area contributed by atoms with Gasteiger partial charge in [-0.05, 0) is 70.6 Å². The Morgan fingerprint density at radius 3 is 0.843 bits per heavy atom. The lowest BCUT2D eigenvalue weighted by Gasteiger charge is -2.18. The second kappa shape index (κ2) is 59.2. The molecule has 0 aliphatic heterocycles. The Kier molecular flexibility index (Phi) is 57.2. The quantitative estimate of drug-likeness (QED) is 0.0261. The van der Waals surface area contributed by atoms with Crippen molar-refractivity contribution in [3.05, 3.63) is 36.5 Å². The molecule has 70 heavy (non-hydrogen) atoms. The Labute approximate surface area is 435 Å². The van der Waals surface area contributed by atoms with E-state index in [1.807, 2.05) is 0 Å². The van der Waals surface area contributed by atoms with E-state index in [-0.39, 0.29) is 31.1 Å². The highest BCUT2D eigenvalue weighted by molar-refractivity contribution is 5.71. The molecule has 0 aliphatic carbocycles. The van der Waals surface area contributed by atoms with Gasteiger partial charge in [-0.15, -0.1) is 0 Å². The van der Waals surface area contributed by atoms with Gasteiger partial charge in [0.25, 0.3) is 0 Å². The van der Waals surface area contributed by atoms with Crippen molar-refractivity contribution in [3.63, 3.8) is 0 Å². The van der Waals surface area contributed by atoms with Gasteiger partial charge in [-0.25, -0.2) is 0 Å². The average molecular weight is 984 g/mol. The summed E-state index contributed by atoms with van der Waals surface area (Å²) in [6.45, 7) is 6.62. The van der Waals surface area contributed by atoms with Crippen molar-refractivity contribution in [2.24, 2.45) is 0 Å². The number of carbonyl (C=O) groups excluding carboxylic acids is 3. The number of hydrogen-bond donors (Lipinski definition) is 0. The standard InChI is InChI=1S/C64H118O6/c1-4-7-10-13-16-19-22-24-25-26-27-28-29-30-31-32-33-34-35-36-37-38-39-40-43-45-48-51-54-57-63(66)69-60-61(59-68-62(65)56-53-50-47-44-41-21-18-15-12-9-6-3)70-64(67)58-55-52-49-46-42-23-20-17-14-11-8-5-2/h15,18,22,24,26-27,61H,4-14,16-17,19-21,23,25,28-60H2,1-3H3/b18-15-,24-22-,27-26-. The SMILES string of the molecule is CCCC/C=C\CCCCCCCC(=O)OCC(COC(=O)CCCCCCCCCCCCCCCCCCC/C=C\C/C=C\CCCCCCC)OC(=O)CCCCCCCCCCCCCC. The van der Waals surface area contributed by atoms with Crippen molar-refractivity contribution < 1.29 is 28.6 Å². The molecular formula is C64H118O6. The van der Waals surface area contributed by atoms with Crippen LogP contribution in [0.4, 0.5) is 0 Å². The van der Waals surface area contributed by atoms with Crippen LogP contribution in [-0.2, 0) is 28.6 Å². The highest BCUT2D eigenvalue weighted by Crippen LogP contribution is 2.17. The maximum absolute atomic E-state index is 12.8. The minimum Gasteiger partial charge on any atom is -0.462 e. The lowest BCUT2D eigenvalue weighted by atomic mass is 10.0. The smallest absolute Gasteiger partial charge is 0.306 e. The maximum Gasteiger partial charge on any atom is 0.306 e. The Morgan fingerprint density at radius 2 is 0.529 bits per heavy atom. The molecule has 0 spiro atoms. The van der Waals surface area contributed by atoms with Crippen LogP contribution in [0.3, 0.4) is 0 Å². The van der Waals surface area contributed by atoms with Crippen LogP contribution in [0.5, 0.6) is 0 Å². The molecule has 1 atom stereocenters. The number of esters is 3. The average Bonchev–Trinajstić information content (AvgIpc) is 3.36. The molecule has 0 saturated carbocycles. The molecule has 0 amide bonds. The lowest BCUT2D eigenvalue weighted by Crippen LogP contribution is -2.30.